The van der Waals surface area contributed by atoms with Gasteiger partial charge in [-0.3, -0.25) is 19.7 Å². The number of halogens is 1. The number of amides is 2. The Morgan fingerprint density at radius 1 is 1.11 bits per heavy atom. The molecule has 0 saturated heterocycles. The number of aliphatic hydroxyl groups is 1. The first-order valence-corrected chi connectivity index (χ1v) is 8.79. The molecule has 0 atom stereocenters. The Labute approximate surface area is 157 Å². The van der Waals surface area contributed by atoms with Crippen LogP contribution in [-0.4, -0.2) is 34.2 Å². The van der Waals surface area contributed by atoms with Crippen LogP contribution in [0.25, 0.3) is 5.57 Å². The first-order chi connectivity index (χ1) is 12.9. The van der Waals surface area contributed by atoms with Gasteiger partial charge in [-0.1, -0.05) is 6.07 Å². The van der Waals surface area contributed by atoms with Crippen molar-refractivity contribution in [2.75, 3.05) is 17.3 Å². The van der Waals surface area contributed by atoms with Crippen LogP contribution in [0.1, 0.15) is 5.56 Å². The van der Waals surface area contributed by atoms with E-state index in [1.54, 1.807) is 0 Å². The van der Waals surface area contributed by atoms with Crippen LogP contribution in [-0.2, 0) is 9.59 Å². The van der Waals surface area contributed by atoms with Gasteiger partial charge in [-0.05, 0) is 35.9 Å². The number of rotatable bonds is 6. The van der Waals surface area contributed by atoms with Crippen molar-refractivity contribution in [3.8, 4) is 0 Å². The summed E-state index contributed by atoms with van der Waals surface area (Å²) in [6.07, 6.45) is 0. The molecule has 7 nitrogen and oxygen atoms in total. The lowest BCUT2D eigenvalue weighted by molar-refractivity contribution is -0.384. The van der Waals surface area contributed by atoms with Gasteiger partial charge in [-0.15, -0.1) is 11.8 Å². The van der Waals surface area contributed by atoms with E-state index in [2.05, 4.69) is 0 Å². The molecule has 3 rings (SSSR count). The summed E-state index contributed by atoms with van der Waals surface area (Å²) in [6, 6.07) is 10.3. The predicted molar refractivity (Wildman–Crippen MR) is 98.5 cm³/mol. The van der Waals surface area contributed by atoms with Crippen molar-refractivity contribution >= 4 is 40.5 Å². The van der Waals surface area contributed by atoms with Crippen LogP contribution in [0.3, 0.4) is 0 Å². The molecular formula is C18H13FN2O5S. The lowest BCUT2D eigenvalue weighted by Crippen LogP contribution is -2.31. The van der Waals surface area contributed by atoms with Crippen molar-refractivity contribution in [1.82, 2.24) is 0 Å². The lowest BCUT2D eigenvalue weighted by Gasteiger charge is -2.15. The smallest absolute Gasteiger partial charge is 0.272 e. The van der Waals surface area contributed by atoms with Gasteiger partial charge in [-0.25, -0.2) is 9.29 Å². The molecular weight excluding hydrogens is 375 g/mol. The Morgan fingerprint density at radius 2 is 1.81 bits per heavy atom. The fourth-order valence-corrected chi connectivity index (χ4v) is 3.51. The number of carbonyl (C=O) groups is 2. The molecule has 1 N–H and O–H groups in total. The van der Waals surface area contributed by atoms with Crippen LogP contribution in [0.15, 0.2) is 53.4 Å². The van der Waals surface area contributed by atoms with E-state index in [1.807, 2.05) is 0 Å². The quantitative estimate of drug-likeness (QED) is 0.464. The van der Waals surface area contributed by atoms with Crippen LogP contribution in [0, 0.1) is 15.9 Å². The molecule has 0 saturated carbocycles. The average Bonchev–Trinajstić information content (AvgIpc) is 2.89. The molecule has 0 fully saturated rings. The summed E-state index contributed by atoms with van der Waals surface area (Å²) in [5, 5.41) is 19.9. The number of nitro benzene ring substituents is 1. The van der Waals surface area contributed by atoms with Gasteiger partial charge in [0, 0.05) is 17.9 Å². The van der Waals surface area contributed by atoms with Crippen molar-refractivity contribution in [3.05, 3.63) is 74.9 Å². The molecule has 2 aromatic carbocycles. The SMILES string of the molecule is O=C1C(SCCO)=C(c2ccc([N+](=O)[O-])cc2)C(=O)N1c1cccc(F)c1. The van der Waals surface area contributed by atoms with E-state index >= 15 is 0 Å². The van der Waals surface area contributed by atoms with Gasteiger partial charge >= 0.3 is 0 Å². The number of thioether (sulfide) groups is 1. The first-order valence-electron chi connectivity index (χ1n) is 7.81. The highest BCUT2D eigenvalue weighted by Gasteiger charge is 2.40. The average molecular weight is 388 g/mol. The van der Waals surface area contributed by atoms with Gasteiger partial charge in [-0.2, -0.15) is 0 Å². The molecule has 0 spiro atoms. The highest BCUT2D eigenvalue weighted by molar-refractivity contribution is 8.04. The molecule has 2 aromatic rings. The van der Waals surface area contributed by atoms with Crippen molar-refractivity contribution < 1.29 is 24.0 Å². The van der Waals surface area contributed by atoms with E-state index in [4.69, 9.17) is 5.11 Å². The van der Waals surface area contributed by atoms with E-state index in [0.29, 0.717) is 5.56 Å². The number of hydrogen-bond acceptors (Lipinski definition) is 6. The Balaban J connectivity index is 2.06. The van der Waals surface area contributed by atoms with Crippen LogP contribution < -0.4 is 4.90 Å². The molecule has 0 radical (unpaired) electrons. The molecule has 1 aliphatic heterocycles. The van der Waals surface area contributed by atoms with Crippen LogP contribution in [0.2, 0.25) is 0 Å². The first kappa shape index (κ1) is 18.7. The maximum atomic E-state index is 13.5. The normalized spacial score (nSPS) is 14.2. The van der Waals surface area contributed by atoms with E-state index in [-0.39, 0.29) is 34.2 Å². The molecule has 0 aliphatic carbocycles. The second kappa shape index (κ2) is 7.68. The molecule has 138 valence electrons. The van der Waals surface area contributed by atoms with Gasteiger partial charge in [0.25, 0.3) is 17.5 Å². The standard InChI is InChI=1S/C18H13FN2O5S/c19-12-2-1-3-14(10-12)20-17(23)15(16(18(20)24)27-9-8-22)11-4-6-13(7-5-11)21(25)26/h1-7,10,22H,8-9H2. The van der Waals surface area contributed by atoms with Crippen molar-refractivity contribution in [3.63, 3.8) is 0 Å². The number of non-ortho nitro benzene ring substituents is 1. The Hall–Kier alpha value is -3.04. The van der Waals surface area contributed by atoms with Crippen LogP contribution in [0.4, 0.5) is 15.8 Å². The lowest BCUT2D eigenvalue weighted by atomic mass is 10.1. The summed E-state index contributed by atoms with van der Waals surface area (Å²) in [4.78, 5) is 37.0. The Kier molecular flexibility index (Phi) is 5.33. The number of imide groups is 1. The van der Waals surface area contributed by atoms with Crippen LogP contribution in [0.5, 0.6) is 0 Å². The number of nitro groups is 1. The number of carbonyl (C=O) groups excluding carboxylic acids is 2. The number of hydrogen-bond donors (Lipinski definition) is 1. The van der Waals surface area contributed by atoms with Crippen molar-refractivity contribution in [2.45, 2.75) is 0 Å². The number of benzene rings is 2. The zero-order valence-corrected chi connectivity index (χ0v) is 14.6. The fraction of sp³-hybridized carbons (Fsp3) is 0.111. The number of nitrogens with zero attached hydrogens (tertiary/aromatic N) is 2. The zero-order valence-electron chi connectivity index (χ0n) is 13.8. The molecule has 0 aromatic heterocycles. The summed E-state index contributed by atoms with van der Waals surface area (Å²) >= 11 is 1.00. The number of aliphatic hydroxyl groups excluding tert-OH is 1. The largest absolute Gasteiger partial charge is 0.396 e. The highest BCUT2D eigenvalue weighted by atomic mass is 32.2. The molecule has 1 heterocycles. The monoisotopic (exact) mass is 388 g/mol. The van der Waals surface area contributed by atoms with Gasteiger partial charge in [0.1, 0.15) is 5.82 Å². The molecule has 1 aliphatic rings. The number of anilines is 1. The van der Waals surface area contributed by atoms with Crippen molar-refractivity contribution in [2.24, 2.45) is 0 Å². The summed E-state index contributed by atoms with van der Waals surface area (Å²) < 4.78 is 13.5. The van der Waals surface area contributed by atoms with Crippen molar-refractivity contribution in [1.29, 1.82) is 0 Å². The zero-order chi connectivity index (χ0) is 19.6. The minimum atomic E-state index is -0.653. The summed E-state index contributed by atoms with van der Waals surface area (Å²) in [6.45, 7) is -0.205. The second-order valence-electron chi connectivity index (χ2n) is 5.51. The Morgan fingerprint density at radius 3 is 2.41 bits per heavy atom. The van der Waals surface area contributed by atoms with E-state index in [1.165, 1.54) is 42.5 Å². The van der Waals surface area contributed by atoms with Crippen LogP contribution >= 0.6 is 11.8 Å². The second-order valence-corrected chi connectivity index (χ2v) is 6.61. The summed E-state index contributed by atoms with van der Waals surface area (Å²) in [7, 11) is 0. The Bertz CT molecular complexity index is 958. The summed E-state index contributed by atoms with van der Waals surface area (Å²) in [5.41, 5.74) is 0.336. The predicted octanol–water partition coefficient (Wildman–Crippen LogP) is 2.74. The van der Waals surface area contributed by atoms with Gasteiger partial charge < -0.3 is 5.11 Å². The maximum absolute atomic E-state index is 13.5. The van der Waals surface area contributed by atoms with Gasteiger partial charge in [0.2, 0.25) is 0 Å². The minimum absolute atomic E-state index is 0.0672. The third-order valence-corrected chi connectivity index (χ3v) is 4.87. The van der Waals surface area contributed by atoms with Gasteiger partial charge in [0.15, 0.2) is 0 Å². The minimum Gasteiger partial charge on any atom is -0.396 e. The van der Waals surface area contributed by atoms with E-state index < -0.39 is 22.6 Å². The highest BCUT2D eigenvalue weighted by Crippen LogP contribution is 2.38. The fourth-order valence-electron chi connectivity index (χ4n) is 2.65. The molecule has 9 heteroatoms. The molecule has 0 unspecified atom stereocenters. The molecule has 2 amide bonds. The third kappa shape index (κ3) is 3.60. The van der Waals surface area contributed by atoms with Gasteiger partial charge in [0.05, 0.1) is 27.7 Å². The third-order valence-electron chi connectivity index (χ3n) is 3.81. The van der Waals surface area contributed by atoms with E-state index in [0.717, 1.165) is 22.7 Å². The maximum Gasteiger partial charge on any atom is 0.272 e. The van der Waals surface area contributed by atoms with E-state index in [9.17, 15) is 24.1 Å². The molecule has 0 bridgehead atoms. The molecule has 27 heavy (non-hydrogen) atoms. The topological polar surface area (TPSA) is 101 Å². The summed E-state index contributed by atoms with van der Waals surface area (Å²) in [5.74, 6) is -1.69.